The lowest BCUT2D eigenvalue weighted by Crippen LogP contribution is -2.41. The van der Waals surface area contributed by atoms with Gasteiger partial charge in [0.15, 0.2) is 0 Å². The van der Waals surface area contributed by atoms with Crippen molar-refractivity contribution in [3.63, 3.8) is 0 Å². The number of rotatable bonds is 0. The molecule has 0 atom stereocenters. The Labute approximate surface area is 105 Å². The minimum absolute atomic E-state index is 0.0903. The van der Waals surface area contributed by atoms with Crippen molar-refractivity contribution in [3.8, 4) is 0 Å². The molecule has 0 unspecified atom stereocenters. The summed E-state index contributed by atoms with van der Waals surface area (Å²) in [5.41, 5.74) is 7.40. The summed E-state index contributed by atoms with van der Waals surface area (Å²) in [4.78, 5) is 12.3. The Morgan fingerprint density at radius 3 is 2.76 bits per heavy atom. The maximum Gasteiger partial charge on any atom is 0.235 e. The van der Waals surface area contributed by atoms with Crippen LogP contribution < -0.4 is 11.1 Å². The molecule has 3 rings (SSSR count). The van der Waals surface area contributed by atoms with Gasteiger partial charge in [-0.3, -0.25) is 4.79 Å². The average molecular weight is 251 g/mol. The van der Waals surface area contributed by atoms with Gasteiger partial charge >= 0.3 is 0 Å². The highest BCUT2D eigenvalue weighted by atomic mass is 35.5. The lowest BCUT2D eigenvalue weighted by atomic mass is 9.69. The molecule has 1 saturated carbocycles. The molecule has 1 aliphatic carbocycles. The molecule has 0 radical (unpaired) electrons. The summed E-state index contributed by atoms with van der Waals surface area (Å²) >= 11 is 6.13. The van der Waals surface area contributed by atoms with Gasteiger partial charge < -0.3 is 11.1 Å². The predicted octanol–water partition coefficient (Wildman–Crippen LogP) is 2.43. The van der Waals surface area contributed by atoms with Crippen LogP contribution >= 0.6 is 11.6 Å². The number of carbonyl (C=O) groups excluding carboxylic acids is 1. The van der Waals surface area contributed by atoms with Crippen molar-refractivity contribution in [3.05, 3.63) is 28.8 Å². The van der Waals surface area contributed by atoms with Crippen molar-refractivity contribution < 1.29 is 4.79 Å². The third kappa shape index (κ3) is 1.49. The zero-order valence-corrected chi connectivity index (χ0v) is 10.3. The van der Waals surface area contributed by atoms with E-state index in [0.717, 1.165) is 36.9 Å². The molecular formula is C13H15ClN2O. The number of anilines is 1. The SMILES string of the molecule is NC1CCC2(CC1)C(=O)Nc1c(Cl)cccc12. The minimum atomic E-state index is -0.379. The van der Waals surface area contributed by atoms with Gasteiger partial charge in [0.05, 0.1) is 16.1 Å². The van der Waals surface area contributed by atoms with E-state index in [9.17, 15) is 4.79 Å². The Bertz CT molecular complexity index is 478. The van der Waals surface area contributed by atoms with Gasteiger partial charge in [-0.05, 0) is 37.3 Å². The van der Waals surface area contributed by atoms with Crippen LogP contribution in [0.1, 0.15) is 31.2 Å². The van der Waals surface area contributed by atoms with Gasteiger partial charge in [0.1, 0.15) is 0 Å². The molecule has 1 spiro atoms. The maximum absolute atomic E-state index is 12.3. The standard InChI is InChI=1S/C13H15ClN2O/c14-10-3-1-2-9-11(10)16-12(17)13(9)6-4-8(15)5-7-13/h1-3,8H,4-7,15H2,(H,16,17). The highest BCUT2D eigenvalue weighted by Crippen LogP contribution is 2.49. The molecule has 1 aromatic carbocycles. The Hall–Kier alpha value is -1.06. The highest BCUT2D eigenvalue weighted by Gasteiger charge is 2.48. The summed E-state index contributed by atoms with van der Waals surface area (Å²) in [6.45, 7) is 0. The molecule has 1 aliphatic heterocycles. The first-order valence-electron chi connectivity index (χ1n) is 5.99. The summed E-state index contributed by atoms with van der Waals surface area (Å²) in [6, 6.07) is 5.97. The van der Waals surface area contributed by atoms with Crippen LogP contribution in [0.5, 0.6) is 0 Å². The topological polar surface area (TPSA) is 55.1 Å². The fraction of sp³-hybridized carbons (Fsp3) is 0.462. The zero-order valence-electron chi connectivity index (χ0n) is 9.50. The normalized spacial score (nSPS) is 31.4. The largest absolute Gasteiger partial charge is 0.328 e. The molecule has 4 heteroatoms. The van der Waals surface area contributed by atoms with Crippen LogP contribution in [-0.2, 0) is 10.2 Å². The second-order valence-electron chi connectivity index (χ2n) is 5.04. The Morgan fingerprint density at radius 1 is 1.35 bits per heavy atom. The molecule has 1 fully saturated rings. The summed E-state index contributed by atoms with van der Waals surface area (Å²) in [7, 11) is 0. The van der Waals surface area contributed by atoms with E-state index in [2.05, 4.69) is 5.32 Å². The van der Waals surface area contributed by atoms with Crippen LogP contribution in [0.15, 0.2) is 18.2 Å². The van der Waals surface area contributed by atoms with E-state index in [1.54, 1.807) is 0 Å². The lowest BCUT2D eigenvalue weighted by Gasteiger charge is -2.34. The first-order chi connectivity index (χ1) is 8.13. The Kier molecular flexibility index (Phi) is 2.42. The third-order valence-electron chi connectivity index (χ3n) is 4.09. The van der Waals surface area contributed by atoms with Crippen LogP contribution in [0.4, 0.5) is 5.69 Å². The summed E-state index contributed by atoms with van der Waals surface area (Å²) < 4.78 is 0. The molecule has 1 aromatic rings. The lowest BCUT2D eigenvalue weighted by molar-refractivity contribution is -0.122. The number of hydrogen-bond acceptors (Lipinski definition) is 2. The van der Waals surface area contributed by atoms with Crippen molar-refractivity contribution in [1.29, 1.82) is 0 Å². The summed E-state index contributed by atoms with van der Waals surface area (Å²) in [6.07, 6.45) is 3.46. The Morgan fingerprint density at radius 2 is 2.06 bits per heavy atom. The second kappa shape index (κ2) is 3.72. The molecule has 3 N–H and O–H groups in total. The van der Waals surface area contributed by atoms with Crippen molar-refractivity contribution >= 4 is 23.2 Å². The van der Waals surface area contributed by atoms with Gasteiger partial charge in [-0.2, -0.15) is 0 Å². The number of benzene rings is 1. The van der Waals surface area contributed by atoms with E-state index >= 15 is 0 Å². The van der Waals surface area contributed by atoms with Crippen molar-refractivity contribution in [1.82, 2.24) is 0 Å². The predicted molar refractivity (Wildman–Crippen MR) is 68.2 cm³/mol. The van der Waals surface area contributed by atoms with E-state index in [4.69, 9.17) is 17.3 Å². The number of fused-ring (bicyclic) bond motifs is 2. The number of hydrogen-bond donors (Lipinski definition) is 2. The van der Waals surface area contributed by atoms with Gasteiger partial charge in [-0.15, -0.1) is 0 Å². The molecule has 0 saturated heterocycles. The molecule has 3 nitrogen and oxygen atoms in total. The van der Waals surface area contributed by atoms with Crippen LogP contribution in [0, 0.1) is 0 Å². The molecule has 1 amide bonds. The van der Waals surface area contributed by atoms with E-state index in [1.165, 1.54) is 0 Å². The maximum atomic E-state index is 12.3. The molecule has 17 heavy (non-hydrogen) atoms. The van der Waals surface area contributed by atoms with Crippen LogP contribution in [0.25, 0.3) is 0 Å². The van der Waals surface area contributed by atoms with Crippen molar-refractivity contribution in [2.75, 3.05) is 5.32 Å². The zero-order chi connectivity index (χ0) is 12.0. The van der Waals surface area contributed by atoms with Crippen LogP contribution in [0.2, 0.25) is 5.02 Å². The molecule has 0 aromatic heterocycles. The third-order valence-corrected chi connectivity index (χ3v) is 4.40. The first kappa shape index (κ1) is 11.1. The number of nitrogens with one attached hydrogen (secondary N) is 1. The molecule has 2 aliphatic rings. The Balaban J connectivity index is 2.08. The fourth-order valence-corrected chi connectivity index (χ4v) is 3.26. The molecular weight excluding hydrogens is 236 g/mol. The first-order valence-corrected chi connectivity index (χ1v) is 6.37. The van der Waals surface area contributed by atoms with E-state index in [0.29, 0.717) is 5.02 Å². The van der Waals surface area contributed by atoms with E-state index < -0.39 is 0 Å². The summed E-state index contributed by atoms with van der Waals surface area (Å²) in [5, 5.41) is 3.56. The fourth-order valence-electron chi connectivity index (χ4n) is 3.03. The highest BCUT2D eigenvalue weighted by molar-refractivity contribution is 6.34. The smallest absolute Gasteiger partial charge is 0.235 e. The van der Waals surface area contributed by atoms with Gasteiger partial charge in [0, 0.05) is 6.04 Å². The number of halogens is 1. The van der Waals surface area contributed by atoms with Crippen LogP contribution in [-0.4, -0.2) is 11.9 Å². The molecule has 90 valence electrons. The number of nitrogens with two attached hydrogens (primary N) is 1. The summed E-state index contributed by atoms with van der Waals surface area (Å²) in [5.74, 6) is 0.0903. The molecule has 0 bridgehead atoms. The van der Waals surface area contributed by atoms with Crippen molar-refractivity contribution in [2.45, 2.75) is 37.1 Å². The monoisotopic (exact) mass is 250 g/mol. The number of para-hydroxylation sites is 1. The van der Waals surface area contributed by atoms with Gasteiger partial charge in [0.25, 0.3) is 0 Å². The quantitative estimate of drug-likeness (QED) is 0.743. The van der Waals surface area contributed by atoms with E-state index in [1.807, 2.05) is 18.2 Å². The minimum Gasteiger partial charge on any atom is -0.328 e. The van der Waals surface area contributed by atoms with Gasteiger partial charge in [-0.25, -0.2) is 0 Å². The number of amides is 1. The van der Waals surface area contributed by atoms with Gasteiger partial charge in [0.2, 0.25) is 5.91 Å². The molecule has 1 heterocycles. The number of carbonyl (C=O) groups is 1. The van der Waals surface area contributed by atoms with Crippen LogP contribution in [0.3, 0.4) is 0 Å². The second-order valence-corrected chi connectivity index (χ2v) is 5.44. The van der Waals surface area contributed by atoms with E-state index in [-0.39, 0.29) is 17.4 Å². The van der Waals surface area contributed by atoms with Crippen molar-refractivity contribution in [2.24, 2.45) is 5.73 Å². The van der Waals surface area contributed by atoms with Gasteiger partial charge in [-0.1, -0.05) is 23.7 Å². The average Bonchev–Trinajstić information content (AvgIpc) is 2.59.